The van der Waals surface area contributed by atoms with E-state index in [0.717, 1.165) is 5.56 Å². The van der Waals surface area contributed by atoms with Gasteiger partial charge in [0, 0.05) is 4.91 Å². The minimum Gasteiger partial charge on any atom is -0.445 e. The van der Waals surface area contributed by atoms with Crippen LogP contribution in [0, 0.1) is 0 Å². The molecule has 11 nitrogen and oxygen atoms in total. The van der Waals surface area contributed by atoms with E-state index < -0.39 is 42.7 Å². The molecule has 1 aromatic rings. The highest BCUT2D eigenvalue weighted by atomic mass is 16.5. The molecular formula is C15H19N5O6. The summed E-state index contributed by atoms with van der Waals surface area (Å²) in [5.41, 5.74) is 8.94. The van der Waals surface area contributed by atoms with Gasteiger partial charge in [0.1, 0.15) is 18.7 Å². The second-order valence-electron chi connectivity index (χ2n) is 5.20. The van der Waals surface area contributed by atoms with Gasteiger partial charge in [0.2, 0.25) is 11.8 Å². The number of azide groups is 1. The van der Waals surface area contributed by atoms with Gasteiger partial charge in [0.05, 0.1) is 12.7 Å². The Hall–Kier alpha value is -3.14. The molecular weight excluding hydrogens is 346 g/mol. The highest BCUT2D eigenvalue weighted by Crippen LogP contribution is 2.02. The lowest BCUT2D eigenvalue weighted by atomic mass is 10.1. The number of aliphatic hydroxyl groups excluding tert-OH is 2. The Morgan fingerprint density at radius 1 is 1.27 bits per heavy atom. The number of hydrogen-bond acceptors (Lipinski definition) is 6. The number of alkyl carbamates (subject to hydrolysis) is 1. The van der Waals surface area contributed by atoms with Crippen molar-refractivity contribution in [1.29, 1.82) is 0 Å². The summed E-state index contributed by atoms with van der Waals surface area (Å²) in [5.74, 6) is -2.07. The SMILES string of the molecule is C[C@@H](O)[C@H](NC(=O)OCc1ccccc1)C(=O)N[C@@H](CO)C(=O)N=[N+]=[N-]. The predicted octanol–water partition coefficient (Wildman–Crippen LogP) is -0.0238. The van der Waals surface area contributed by atoms with Crippen LogP contribution in [0.4, 0.5) is 4.79 Å². The number of aliphatic hydroxyl groups is 2. The van der Waals surface area contributed by atoms with Crippen molar-refractivity contribution in [2.24, 2.45) is 5.11 Å². The van der Waals surface area contributed by atoms with Gasteiger partial charge in [-0.3, -0.25) is 9.59 Å². The minimum absolute atomic E-state index is 0.0462. The summed E-state index contributed by atoms with van der Waals surface area (Å²) in [4.78, 5) is 37.6. The van der Waals surface area contributed by atoms with Crippen molar-refractivity contribution < 1.29 is 29.3 Å². The Bertz CT molecular complexity index is 674. The maximum Gasteiger partial charge on any atom is 0.408 e. The van der Waals surface area contributed by atoms with E-state index in [1.807, 2.05) is 0 Å². The molecule has 0 aliphatic rings. The summed E-state index contributed by atoms with van der Waals surface area (Å²) in [6, 6.07) is 5.84. The molecule has 3 atom stereocenters. The molecule has 0 aromatic heterocycles. The van der Waals surface area contributed by atoms with Crippen molar-refractivity contribution in [1.82, 2.24) is 10.6 Å². The molecule has 0 heterocycles. The van der Waals surface area contributed by atoms with Crippen LogP contribution in [0.15, 0.2) is 35.4 Å². The van der Waals surface area contributed by atoms with Crippen molar-refractivity contribution in [3.63, 3.8) is 0 Å². The molecule has 0 fully saturated rings. The predicted molar refractivity (Wildman–Crippen MR) is 88.4 cm³/mol. The summed E-state index contributed by atoms with van der Waals surface area (Å²) in [6.07, 6.45) is -2.29. The number of rotatable bonds is 8. The lowest BCUT2D eigenvalue weighted by molar-refractivity contribution is -0.131. The zero-order chi connectivity index (χ0) is 19.5. The third-order valence-electron chi connectivity index (χ3n) is 3.19. The fourth-order valence-corrected chi connectivity index (χ4v) is 1.86. The average molecular weight is 365 g/mol. The van der Waals surface area contributed by atoms with E-state index in [1.165, 1.54) is 6.92 Å². The van der Waals surface area contributed by atoms with Gasteiger partial charge >= 0.3 is 6.09 Å². The first kappa shape index (κ1) is 20.9. The van der Waals surface area contributed by atoms with Gasteiger partial charge in [0.15, 0.2) is 0 Å². The van der Waals surface area contributed by atoms with Gasteiger partial charge in [-0.15, -0.1) is 0 Å². The molecule has 11 heteroatoms. The number of ether oxygens (including phenoxy) is 1. The van der Waals surface area contributed by atoms with Crippen LogP contribution in [0.1, 0.15) is 12.5 Å². The van der Waals surface area contributed by atoms with Gasteiger partial charge in [-0.1, -0.05) is 30.3 Å². The Kier molecular flexibility index (Phi) is 8.58. The normalized spacial score (nSPS) is 13.5. The number of nitrogens with zero attached hydrogens (tertiary/aromatic N) is 3. The van der Waals surface area contributed by atoms with E-state index in [0.29, 0.717) is 0 Å². The smallest absolute Gasteiger partial charge is 0.408 e. The van der Waals surface area contributed by atoms with Crippen molar-refractivity contribution in [2.75, 3.05) is 6.61 Å². The summed E-state index contributed by atoms with van der Waals surface area (Å²) in [7, 11) is 0. The molecule has 1 aromatic carbocycles. The molecule has 0 radical (unpaired) electrons. The van der Waals surface area contributed by atoms with E-state index in [1.54, 1.807) is 30.3 Å². The van der Waals surface area contributed by atoms with E-state index in [9.17, 15) is 19.5 Å². The van der Waals surface area contributed by atoms with Gasteiger partial charge in [-0.25, -0.2) is 4.79 Å². The Morgan fingerprint density at radius 3 is 2.46 bits per heavy atom. The van der Waals surface area contributed by atoms with Crippen LogP contribution < -0.4 is 10.6 Å². The molecule has 0 saturated heterocycles. The zero-order valence-electron chi connectivity index (χ0n) is 13.9. The van der Waals surface area contributed by atoms with Gasteiger partial charge in [-0.05, 0) is 23.1 Å². The van der Waals surface area contributed by atoms with E-state index in [2.05, 4.69) is 20.7 Å². The van der Waals surface area contributed by atoms with E-state index in [-0.39, 0.29) is 6.61 Å². The van der Waals surface area contributed by atoms with Crippen LogP contribution in [-0.2, 0) is 20.9 Å². The highest BCUT2D eigenvalue weighted by Gasteiger charge is 2.29. The number of hydrogen-bond donors (Lipinski definition) is 4. The number of carbonyl (C=O) groups is 3. The third kappa shape index (κ3) is 6.77. The Morgan fingerprint density at radius 2 is 1.92 bits per heavy atom. The summed E-state index contributed by atoms with van der Waals surface area (Å²) >= 11 is 0. The van der Waals surface area contributed by atoms with Crippen molar-refractivity contribution in [3.05, 3.63) is 46.3 Å². The second kappa shape index (κ2) is 10.7. The van der Waals surface area contributed by atoms with Gasteiger partial charge in [0.25, 0.3) is 0 Å². The molecule has 0 aliphatic carbocycles. The van der Waals surface area contributed by atoms with Crippen LogP contribution in [0.2, 0.25) is 0 Å². The van der Waals surface area contributed by atoms with Crippen LogP contribution in [0.5, 0.6) is 0 Å². The first-order valence-electron chi connectivity index (χ1n) is 7.54. The van der Waals surface area contributed by atoms with Gasteiger partial charge < -0.3 is 25.6 Å². The minimum atomic E-state index is -1.50. The summed E-state index contributed by atoms with van der Waals surface area (Å²) < 4.78 is 4.95. The Labute approximate surface area is 148 Å². The van der Waals surface area contributed by atoms with E-state index in [4.69, 9.17) is 15.4 Å². The van der Waals surface area contributed by atoms with Crippen molar-refractivity contribution in [2.45, 2.75) is 31.7 Å². The lowest BCUT2D eigenvalue weighted by Crippen LogP contribution is -2.56. The largest absolute Gasteiger partial charge is 0.445 e. The van der Waals surface area contributed by atoms with E-state index >= 15 is 0 Å². The molecule has 0 unspecified atom stereocenters. The summed E-state index contributed by atoms with van der Waals surface area (Å²) in [5, 5.41) is 25.8. The maximum absolute atomic E-state index is 12.1. The molecule has 1 rings (SSSR count). The maximum atomic E-state index is 12.1. The quantitative estimate of drug-likeness (QED) is 0.286. The molecule has 0 saturated carbocycles. The standard InChI is InChI=1S/C15H19N5O6/c1-9(22)12(14(24)17-11(7-21)13(23)19-20-16)18-15(25)26-8-10-5-3-2-4-6-10/h2-6,9,11-12,21-22H,7-8H2,1H3,(H,17,24)(H,18,25)/t9-,11+,12+/m1/s1. The monoisotopic (exact) mass is 365 g/mol. The van der Waals surface area contributed by atoms with Crippen LogP contribution in [-0.4, -0.2) is 52.9 Å². The highest BCUT2D eigenvalue weighted by molar-refractivity contribution is 5.91. The molecule has 26 heavy (non-hydrogen) atoms. The van der Waals surface area contributed by atoms with Crippen LogP contribution in [0.25, 0.3) is 10.4 Å². The number of carbonyl (C=O) groups excluding carboxylic acids is 3. The number of nitrogens with one attached hydrogen (secondary N) is 2. The third-order valence-corrected chi connectivity index (χ3v) is 3.19. The first-order chi connectivity index (χ1) is 12.4. The van der Waals surface area contributed by atoms with Gasteiger partial charge in [-0.2, -0.15) is 0 Å². The molecule has 0 bridgehead atoms. The van der Waals surface area contributed by atoms with Crippen molar-refractivity contribution >= 4 is 17.9 Å². The van der Waals surface area contributed by atoms with Crippen molar-refractivity contribution in [3.8, 4) is 0 Å². The molecule has 4 N–H and O–H groups in total. The molecule has 140 valence electrons. The average Bonchev–Trinajstić information content (AvgIpc) is 2.63. The first-order valence-corrected chi connectivity index (χ1v) is 7.54. The zero-order valence-corrected chi connectivity index (χ0v) is 13.9. The summed E-state index contributed by atoms with van der Waals surface area (Å²) in [6.45, 7) is 0.370. The topological polar surface area (TPSA) is 174 Å². The molecule has 0 aliphatic heterocycles. The molecule has 3 amide bonds. The number of amides is 3. The molecule has 0 spiro atoms. The number of benzene rings is 1. The lowest BCUT2D eigenvalue weighted by Gasteiger charge is -2.22. The van der Waals surface area contributed by atoms with Crippen LogP contribution in [0.3, 0.4) is 0 Å². The second-order valence-corrected chi connectivity index (χ2v) is 5.20. The van der Waals surface area contributed by atoms with Crippen LogP contribution >= 0.6 is 0 Å². The fraction of sp³-hybridized carbons (Fsp3) is 0.400. The fourth-order valence-electron chi connectivity index (χ4n) is 1.86. The Balaban J connectivity index is 2.66.